The summed E-state index contributed by atoms with van der Waals surface area (Å²) in [5, 5.41) is 0.0625. The molecule has 0 spiro atoms. The number of nitrogens with zero attached hydrogens (tertiary/aromatic N) is 1. The molecule has 2 rings (SSSR count). The van der Waals surface area contributed by atoms with Crippen LogP contribution in [0.2, 0.25) is 5.02 Å². The smallest absolute Gasteiger partial charge is 0.335 e. The van der Waals surface area contributed by atoms with Crippen molar-refractivity contribution >= 4 is 22.6 Å². The van der Waals surface area contributed by atoms with Gasteiger partial charge in [0.25, 0.3) is 0 Å². The first-order valence-corrected chi connectivity index (χ1v) is 4.41. The van der Waals surface area contributed by atoms with Gasteiger partial charge in [0, 0.05) is 5.02 Å². The molecule has 6 heteroatoms. The van der Waals surface area contributed by atoms with Crippen LogP contribution in [0.3, 0.4) is 0 Å². The number of H-pyrrole nitrogens is 1. The summed E-state index contributed by atoms with van der Waals surface area (Å²) >= 11 is 5.69. The summed E-state index contributed by atoms with van der Waals surface area (Å²) < 4.78 is 38.1. The number of aromatic nitrogens is 2. The minimum Gasteiger partial charge on any atom is -0.335 e. The summed E-state index contributed by atoms with van der Waals surface area (Å²) in [4.78, 5) is 6.01. The minimum absolute atomic E-state index is 0.0165. The first kappa shape index (κ1) is 10.3. The lowest BCUT2D eigenvalue weighted by Crippen LogP contribution is -2.09. The molecule has 0 saturated carbocycles. The lowest BCUT2D eigenvalue weighted by atomic mass is 10.1. The second kappa shape index (κ2) is 3.13. The molecule has 0 aliphatic rings. The number of alkyl halides is 3. The van der Waals surface area contributed by atoms with E-state index < -0.39 is 11.7 Å². The van der Waals surface area contributed by atoms with E-state index in [1.807, 2.05) is 0 Å². The van der Waals surface area contributed by atoms with Crippen LogP contribution in [0.5, 0.6) is 0 Å². The number of halogens is 4. The highest BCUT2D eigenvalue weighted by molar-refractivity contribution is 6.32. The zero-order chi connectivity index (χ0) is 11.2. The van der Waals surface area contributed by atoms with Gasteiger partial charge in [0.2, 0.25) is 0 Å². The Morgan fingerprint density at radius 2 is 2.13 bits per heavy atom. The van der Waals surface area contributed by atoms with Gasteiger partial charge >= 0.3 is 6.18 Å². The fraction of sp³-hybridized carbons (Fsp3) is 0.222. The normalized spacial score (nSPS) is 12.3. The number of hydrogen-bond acceptors (Lipinski definition) is 1. The van der Waals surface area contributed by atoms with Crippen molar-refractivity contribution in [3.8, 4) is 0 Å². The van der Waals surface area contributed by atoms with Crippen molar-refractivity contribution in [1.29, 1.82) is 0 Å². The van der Waals surface area contributed by atoms with E-state index in [1.54, 1.807) is 0 Å². The number of aromatic amines is 1. The molecular weight excluding hydrogens is 229 g/mol. The fourth-order valence-electron chi connectivity index (χ4n) is 1.44. The van der Waals surface area contributed by atoms with Crippen molar-refractivity contribution in [1.82, 2.24) is 9.97 Å². The number of fused-ring (bicyclic) bond motifs is 1. The maximum Gasteiger partial charge on any atom is 0.418 e. The average Bonchev–Trinajstić information content (AvgIpc) is 2.50. The monoisotopic (exact) mass is 233 g/mol. The van der Waals surface area contributed by atoms with Crippen LogP contribution in [0, 0.1) is 13.3 Å². The molecule has 0 atom stereocenters. The van der Waals surface area contributed by atoms with Crippen molar-refractivity contribution < 1.29 is 13.2 Å². The molecule has 1 aromatic heterocycles. The first-order chi connectivity index (χ1) is 6.91. The Balaban J connectivity index is 2.90. The van der Waals surface area contributed by atoms with Gasteiger partial charge in [0.05, 0.1) is 11.1 Å². The van der Waals surface area contributed by atoms with E-state index in [4.69, 9.17) is 11.6 Å². The number of hydrogen-bond donors (Lipinski definition) is 1. The number of nitrogens with one attached hydrogen (secondary N) is 1. The number of rotatable bonds is 0. The van der Waals surface area contributed by atoms with Crippen LogP contribution in [0.4, 0.5) is 13.2 Å². The van der Waals surface area contributed by atoms with E-state index in [0.29, 0.717) is 0 Å². The molecule has 1 heterocycles. The molecule has 15 heavy (non-hydrogen) atoms. The Bertz CT molecular complexity index is 516. The SMILES string of the molecule is Cc1c(Cl)cc2[nH][c]nc2c1C(F)(F)F. The zero-order valence-electron chi connectivity index (χ0n) is 7.54. The molecule has 1 aromatic carbocycles. The van der Waals surface area contributed by atoms with E-state index in [9.17, 15) is 13.2 Å². The Morgan fingerprint density at radius 3 is 2.73 bits per heavy atom. The number of imidazole rings is 1. The lowest BCUT2D eigenvalue weighted by molar-refractivity contribution is -0.136. The molecule has 2 nitrogen and oxygen atoms in total. The molecule has 2 aromatic rings. The molecule has 0 fully saturated rings. The Labute approximate surface area is 88.1 Å². The third-order valence-corrected chi connectivity index (χ3v) is 2.53. The maximum atomic E-state index is 12.7. The highest BCUT2D eigenvalue weighted by Crippen LogP contribution is 2.38. The summed E-state index contributed by atoms with van der Waals surface area (Å²) in [5.74, 6) is 0. The topological polar surface area (TPSA) is 28.7 Å². The third kappa shape index (κ3) is 1.56. The van der Waals surface area contributed by atoms with Crippen molar-refractivity contribution in [2.24, 2.45) is 0 Å². The Kier molecular flexibility index (Phi) is 2.15. The largest absolute Gasteiger partial charge is 0.418 e. The van der Waals surface area contributed by atoms with Gasteiger partial charge in [-0.3, -0.25) is 0 Å². The summed E-state index contributed by atoms with van der Waals surface area (Å²) in [6.07, 6.45) is -2.19. The summed E-state index contributed by atoms with van der Waals surface area (Å²) in [6, 6.07) is 1.41. The molecule has 1 radical (unpaired) electrons. The van der Waals surface area contributed by atoms with Gasteiger partial charge in [-0.1, -0.05) is 11.6 Å². The van der Waals surface area contributed by atoms with Gasteiger partial charge in [-0.2, -0.15) is 13.2 Å². The minimum atomic E-state index is -4.46. The second-order valence-electron chi connectivity index (χ2n) is 3.10. The van der Waals surface area contributed by atoms with Crippen LogP contribution in [0.25, 0.3) is 11.0 Å². The first-order valence-electron chi connectivity index (χ1n) is 4.03. The van der Waals surface area contributed by atoms with Gasteiger partial charge in [0.15, 0.2) is 6.33 Å². The van der Waals surface area contributed by atoms with Crippen LogP contribution in [0.1, 0.15) is 11.1 Å². The molecular formula is C9H5ClF3N2. The summed E-state index contributed by atoms with van der Waals surface area (Å²) in [5.41, 5.74) is -0.734. The van der Waals surface area contributed by atoms with Crippen LogP contribution in [-0.2, 0) is 6.18 Å². The van der Waals surface area contributed by atoms with E-state index >= 15 is 0 Å². The second-order valence-corrected chi connectivity index (χ2v) is 3.51. The van der Waals surface area contributed by atoms with Crippen LogP contribution >= 0.6 is 11.6 Å². The lowest BCUT2D eigenvalue weighted by Gasteiger charge is -2.11. The maximum absolute atomic E-state index is 12.7. The van der Waals surface area contributed by atoms with Gasteiger partial charge in [-0.25, -0.2) is 4.98 Å². The molecule has 0 bridgehead atoms. The van der Waals surface area contributed by atoms with Gasteiger partial charge in [0.1, 0.15) is 5.52 Å². The van der Waals surface area contributed by atoms with E-state index in [1.165, 1.54) is 13.0 Å². The predicted octanol–water partition coefficient (Wildman–Crippen LogP) is 3.34. The average molecular weight is 234 g/mol. The van der Waals surface area contributed by atoms with Crippen LogP contribution in [0.15, 0.2) is 6.07 Å². The zero-order valence-corrected chi connectivity index (χ0v) is 8.29. The van der Waals surface area contributed by atoms with Crippen molar-refractivity contribution in [2.75, 3.05) is 0 Å². The molecule has 0 unspecified atom stereocenters. The van der Waals surface area contributed by atoms with E-state index in [0.717, 1.165) is 0 Å². The van der Waals surface area contributed by atoms with Gasteiger partial charge in [-0.05, 0) is 18.6 Å². The van der Waals surface area contributed by atoms with Crippen molar-refractivity contribution in [3.63, 3.8) is 0 Å². The van der Waals surface area contributed by atoms with E-state index in [2.05, 4.69) is 16.3 Å². The van der Waals surface area contributed by atoms with Crippen molar-refractivity contribution in [2.45, 2.75) is 13.1 Å². The highest BCUT2D eigenvalue weighted by Gasteiger charge is 2.36. The standard InChI is InChI=1S/C9H5ClF3N2/c1-4-5(10)2-6-8(15-3-14-6)7(4)9(11,12)13/h2H,1H3,(H,14,15). The van der Waals surface area contributed by atoms with Gasteiger partial charge < -0.3 is 4.98 Å². The third-order valence-electron chi connectivity index (χ3n) is 2.14. The Hall–Kier alpha value is -1.23. The molecule has 1 N–H and O–H groups in total. The van der Waals surface area contributed by atoms with E-state index in [-0.39, 0.29) is 21.6 Å². The molecule has 0 aliphatic carbocycles. The molecule has 79 valence electrons. The van der Waals surface area contributed by atoms with Crippen LogP contribution < -0.4 is 0 Å². The van der Waals surface area contributed by atoms with Crippen molar-refractivity contribution in [3.05, 3.63) is 28.5 Å². The van der Waals surface area contributed by atoms with Gasteiger partial charge in [-0.15, -0.1) is 0 Å². The predicted molar refractivity (Wildman–Crippen MR) is 49.7 cm³/mol. The van der Waals surface area contributed by atoms with Crippen LogP contribution in [-0.4, -0.2) is 9.97 Å². The quantitative estimate of drug-likeness (QED) is 0.743. The fourth-order valence-corrected chi connectivity index (χ4v) is 1.64. The highest BCUT2D eigenvalue weighted by atomic mass is 35.5. The Morgan fingerprint density at radius 1 is 1.47 bits per heavy atom. The molecule has 0 aliphatic heterocycles. The molecule has 0 saturated heterocycles. The molecule has 0 amide bonds. The summed E-state index contributed by atoms with van der Waals surface area (Å²) in [6.45, 7) is 1.32. The number of benzene rings is 1. The summed E-state index contributed by atoms with van der Waals surface area (Å²) in [7, 11) is 0.